The second-order valence-electron chi connectivity index (χ2n) is 2.10. The molecular formula is C6H10ClNO2. The van der Waals surface area contributed by atoms with Crippen LogP contribution in [0.15, 0.2) is 0 Å². The zero-order valence-corrected chi connectivity index (χ0v) is 6.73. The summed E-state index contributed by atoms with van der Waals surface area (Å²) in [6.07, 6.45) is 0. The number of amides is 2. The van der Waals surface area contributed by atoms with Crippen LogP contribution in [-0.2, 0) is 9.59 Å². The largest absolute Gasteiger partial charge is 0.296 e. The molecule has 4 heteroatoms. The van der Waals surface area contributed by atoms with Crippen LogP contribution in [0.2, 0.25) is 0 Å². The summed E-state index contributed by atoms with van der Waals surface area (Å²) in [6.45, 7) is 2.95. The van der Waals surface area contributed by atoms with Crippen LogP contribution < -0.4 is 5.32 Å². The normalized spacial score (nSPS) is 12.3. The summed E-state index contributed by atoms with van der Waals surface area (Å²) in [5, 5.41) is 2.13. The Hall–Kier alpha value is -0.570. The molecule has 0 radical (unpaired) electrons. The van der Waals surface area contributed by atoms with Gasteiger partial charge in [-0.2, -0.15) is 0 Å². The van der Waals surface area contributed by atoms with Crippen LogP contribution in [0.1, 0.15) is 13.8 Å². The van der Waals surface area contributed by atoms with Gasteiger partial charge in [-0.3, -0.25) is 14.9 Å². The first kappa shape index (κ1) is 9.43. The fraction of sp³-hybridized carbons (Fsp3) is 0.667. The summed E-state index contributed by atoms with van der Waals surface area (Å²) in [4.78, 5) is 21.1. The molecule has 0 saturated carbocycles. The highest BCUT2D eigenvalue weighted by Crippen LogP contribution is 1.96. The van der Waals surface area contributed by atoms with Gasteiger partial charge >= 0.3 is 0 Å². The quantitative estimate of drug-likeness (QED) is 0.604. The minimum absolute atomic E-state index is 0.235. The molecule has 0 aromatic carbocycles. The fourth-order valence-electron chi connectivity index (χ4n) is 0.367. The third-order valence-corrected chi connectivity index (χ3v) is 1.44. The van der Waals surface area contributed by atoms with E-state index in [9.17, 15) is 9.59 Å². The topological polar surface area (TPSA) is 46.2 Å². The molecule has 10 heavy (non-hydrogen) atoms. The number of hydrogen-bond acceptors (Lipinski definition) is 2. The van der Waals surface area contributed by atoms with Crippen molar-refractivity contribution in [2.45, 2.75) is 13.8 Å². The van der Waals surface area contributed by atoms with Crippen molar-refractivity contribution in [1.82, 2.24) is 5.32 Å². The van der Waals surface area contributed by atoms with E-state index in [-0.39, 0.29) is 23.6 Å². The Morgan fingerprint density at radius 3 is 2.40 bits per heavy atom. The van der Waals surface area contributed by atoms with Crippen molar-refractivity contribution in [3.63, 3.8) is 0 Å². The zero-order valence-electron chi connectivity index (χ0n) is 5.98. The van der Waals surface area contributed by atoms with Gasteiger partial charge in [-0.1, -0.05) is 6.92 Å². The Balaban J connectivity index is 3.73. The summed E-state index contributed by atoms with van der Waals surface area (Å²) in [5.74, 6) is -0.728. The predicted molar refractivity (Wildman–Crippen MR) is 38.7 cm³/mol. The molecule has 2 amide bonds. The van der Waals surface area contributed by atoms with E-state index < -0.39 is 0 Å². The molecule has 0 aliphatic heterocycles. The molecule has 0 aliphatic rings. The Morgan fingerprint density at radius 2 is 2.10 bits per heavy atom. The number of rotatable bonds is 2. The third kappa shape index (κ3) is 3.45. The number of carbonyl (C=O) groups is 2. The molecule has 0 spiro atoms. The molecule has 1 N–H and O–H groups in total. The fourth-order valence-corrected chi connectivity index (χ4v) is 0.507. The molecule has 0 aliphatic carbocycles. The van der Waals surface area contributed by atoms with Gasteiger partial charge in [-0.05, 0) is 0 Å². The van der Waals surface area contributed by atoms with Crippen LogP contribution in [-0.4, -0.2) is 17.7 Å². The number of hydrogen-bond donors (Lipinski definition) is 1. The lowest BCUT2D eigenvalue weighted by molar-refractivity contribution is -0.131. The van der Waals surface area contributed by atoms with Crippen molar-refractivity contribution in [2.24, 2.45) is 5.92 Å². The summed E-state index contributed by atoms with van der Waals surface area (Å²) < 4.78 is 0. The van der Waals surface area contributed by atoms with E-state index in [0.29, 0.717) is 0 Å². The molecule has 3 nitrogen and oxygen atoms in total. The number of halogens is 1. The van der Waals surface area contributed by atoms with Crippen LogP contribution in [0.3, 0.4) is 0 Å². The lowest BCUT2D eigenvalue weighted by atomic mass is 10.2. The lowest BCUT2D eigenvalue weighted by Gasteiger charge is -2.04. The first-order valence-electron chi connectivity index (χ1n) is 2.95. The number of nitrogens with one attached hydrogen (secondary N) is 1. The van der Waals surface area contributed by atoms with Crippen molar-refractivity contribution >= 4 is 23.4 Å². The highest BCUT2D eigenvalue weighted by Gasteiger charge is 2.11. The van der Waals surface area contributed by atoms with Crippen molar-refractivity contribution in [3.8, 4) is 0 Å². The summed E-state index contributed by atoms with van der Waals surface area (Å²) >= 11 is 5.36. The van der Waals surface area contributed by atoms with Gasteiger partial charge in [0.1, 0.15) is 0 Å². The van der Waals surface area contributed by atoms with E-state index in [1.54, 1.807) is 6.92 Å². The SMILES string of the molecule is CC(=O)NC(=O)C(C)CCl. The molecule has 0 fully saturated rings. The average molecular weight is 164 g/mol. The van der Waals surface area contributed by atoms with Crippen molar-refractivity contribution in [3.05, 3.63) is 0 Å². The molecule has 0 saturated heterocycles. The highest BCUT2D eigenvalue weighted by atomic mass is 35.5. The number of alkyl halides is 1. The number of imide groups is 1. The maximum Gasteiger partial charge on any atom is 0.230 e. The summed E-state index contributed by atoms with van der Waals surface area (Å²) in [5.41, 5.74) is 0. The minimum Gasteiger partial charge on any atom is -0.296 e. The Labute approximate surface area is 64.7 Å². The van der Waals surface area contributed by atoms with Crippen LogP contribution in [0, 0.1) is 5.92 Å². The highest BCUT2D eigenvalue weighted by molar-refractivity contribution is 6.19. The Bertz CT molecular complexity index is 147. The standard InChI is InChI=1S/C6H10ClNO2/c1-4(3-7)6(10)8-5(2)9/h4H,3H2,1-2H3,(H,8,9,10). The van der Waals surface area contributed by atoms with Gasteiger partial charge in [-0.25, -0.2) is 0 Å². The predicted octanol–water partition coefficient (Wildman–Crippen LogP) is 0.524. The van der Waals surface area contributed by atoms with E-state index in [1.807, 2.05) is 0 Å². The van der Waals surface area contributed by atoms with E-state index in [2.05, 4.69) is 5.32 Å². The van der Waals surface area contributed by atoms with Gasteiger partial charge in [0.05, 0.1) is 0 Å². The third-order valence-electron chi connectivity index (χ3n) is 0.978. The molecule has 58 valence electrons. The molecule has 1 unspecified atom stereocenters. The number of carbonyl (C=O) groups excluding carboxylic acids is 2. The van der Waals surface area contributed by atoms with Crippen molar-refractivity contribution in [1.29, 1.82) is 0 Å². The van der Waals surface area contributed by atoms with E-state index in [1.165, 1.54) is 6.92 Å². The maximum absolute atomic E-state index is 10.8. The molecular weight excluding hydrogens is 154 g/mol. The monoisotopic (exact) mass is 163 g/mol. The van der Waals surface area contributed by atoms with E-state index in [0.717, 1.165) is 0 Å². The van der Waals surface area contributed by atoms with Crippen LogP contribution >= 0.6 is 11.6 Å². The van der Waals surface area contributed by atoms with Crippen LogP contribution in [0.25, 0.3) is 0 Å². The van der Waals surface area contributed by atoms with Crippen LogP contribution in [0.4, 0.5) is 0 Å². The molecule has 0 aromatic rings. The van der Waals surface area contributed by atoms with Gasteiger partial charge in [-0.15, -0.1) is 11.6 Å². The first-order chi connectivity index (χ1) is 4.57. The van der Waals surface area contributed by atoms with Gasteiger partial charge in [0.25, 0.3) is 0 Å². The van der Waals surface area contributed by atoms with Gasteiger partial charge in [0.2, 0.25) is 11.8 Å². The van der Waals surface area contributed by atoms with E-state index in [4.69, 9.17) is 11.6 Å². The van der Waals surface area contributed by atoms with Gasteiger partial charge < -0.3 is 0 Å². The molecule has 0 heterocycles. The van der Waals surface area contributed by atoms with Gasteiger partial charge in [0, 0.05) is 18.7 Å². The second kappa shape index (κ2) is 4.28. The smallest absolute Gasteiger partial charge is 0.230 e. The van der Waals surface area contributed by atoms with Crippen molar-refractivity contribution in [2.75, 3.05) is 5.88 Å². The van der Waals surface area contributed by atoms with Crippen LogP contribution in [0.5, 0.6) is 0 Å². The first-order valence-corrected chi connectivity index (χ1v) is 3.48. The van der Waals surface area contributed by atoms with E-state index >= 15 is 0 Å². The van der Waals surface area contributed by atoms with Crippen molar-refractivity contribution < 1.29 is 9.59 Å². The lowest BCUT2D eigenvalue weighted by Crippen LogP contribution is -2.33. The minimum atomic E-state index is -0.345. The molecule has 1 atom stereocenters. The summed E-state index contributed by atoms with van der Waals surface area (Å²) in [6, 6.07) is 0. The Morgan fingerprint density at radius 1 is 1.60 bits per heavy atom. The molecule has 0 aromatic heterocycles. The van der Waals surface area contributed by atoms with Gasteiger partial charge in [0.15, 0.2) is 0 Å². The molecule has 0 rings (SSSR count). The summed E-state index contributed by atoms with van der Waals surface area (Å²) in [7, 11) is 0. The second-order valence-corrected chi connectivity index (χ2v) is 2.41. The average Bonchev–Trinajstić information content (AvgIpc) is 1.85. The zero-order chi connectivity index (χ0) is 8.15. The maximum atomic E-state index is 10.8. The Kier molecular flexibility index (Phi) is 4.03. The molecule has 0 bridgehead atoms.